The van der Waals surface area contributed by atoms with Gasteiger partial charge in [-0.3, -0.25) is 0 Å². The Balaban J connectivity index is 1.23. The molecule has 0 radical (unpaired) electrons. The van der Waals surface area contributed by atoms with Gasteiger partial charge in [0, 0.05) is 50.6 Å². The average Bonchev–Trinajstić information content (AvgIpc) is 3.59. The molecule has 0 saturated heterocycles. The first kappa shape index (κ1) is 38.5. The van der Waals surface area contributed by atoms with Crippen LogP contribution in [0.3, 0.4) is 0 Å². The van der Waals surface area contributed by atoms with Gasteiger partial charge in [-0.25, -0.2) is 0 Å². The second kappa shape index (κ2) is 12.3. The first-order valence-corrected chi connectivity index (χ1v) is 23.6. The van der Waals surface area contributed by atoms with Crippen LogP contribution in [-0.2, 0) is 28.2 Å². The van der Waals surface area contributed by atoms with Gasteiger partial charge in [0.25, 0.3) is 6.71 Å². The molecule has 312 valence electrons. The van der Waals surface area contributed by atoms with Gasteiger partial charge < -0.3 is 14.7 Å². The summed E-state index contributed by atoms with van der Waals surface area (Å²) in [4.78, 5) is 8.41. The van der Waals surface area contributed by atoms with Crippen LogP contribution in [0.5, 0.6) is 0 Å². The van der Waals surface area contributed by atoms with Gasteiger partial charge in [-0.1, -0.05) is 131 Å². The Bertz CT molecular complexity index is 2940. The van der Waals surface area contributed by atoms with E-state index in [9.17, 15) is 0 Å². The van der Waals surface area contributed by atoms with Crippen molar-refractivity contribution in [1.29, 1.82) is 0 Å². The lowest BCUT2D eigenvalue weighted by Crippen LogP contribution is -2.65. The van der Waals surface area contributed by atoms with E-state index >= 15 is 0 Å². The van der Waals surface area contributed by atoms with Crippen LogP contribution >= 0.6 is 0 Å². The molecule has 1 saturated carbocycles. The van der Waals surface area contributed by atoms with E-state index in [1.807, 2.05) is 0 Å². The molecule has 0 amide bonds. The average molecular weight is 812 g/mol. The van der Waals surface area contributed by atoms with Crippen LogP contribution in [0, 0.1) is 27.7 Å². The Labute approximate surface area is 371 Å². The number of fused-ring (bicyclic) bond motifs is 12. The minimum absolute atomic E-state index is 0.0338. The summed E-state index contributed by atoms with van der Waals surface area (Å²) >= 11 is 0. The Morgan fingerprint density at radius 1 is 0.565 bits per heavy atom. The molecule has 4 heteroatoms. The number of benzene rings is 6. The fourth-order valence-electron chi connectivity index (χ4n) is 14.4. The quantitative estimate of drug-likeness (QED) is 0.161. The molecule has 2 aliphatic carbocycles. The molecule has 3 nitrogen and oxygen atoms in total. The van der Waals surface area contributed by atoms with E-state index in [1.54, 1.807) is 5.56 Å². The lowest BCUT2D eigenvalue weighted by molar-refractivity contribution is 0.194. The molecule has 62 heavy (non-hydrogen) atoms. The molecular weight excluding hydrogens is 749 g/mol. The summed E-state index contributed by atoms with van der Waals surface area (Å²) in [5, 5.41) is 0. The van der Waals surface area contributed by atoms with Crippen LogP contribution in [0.1, 0.15) is 131 Å². The van der Waals surface area contributed by atoms with Crippen molar-refractivity contribution in [2.24, 2.45) is 0 Å². The van der Waals surface area contributed by atoms with Crippen molar-refractivity contribution in [1.82, 2.24) is 0 Å². The zero-order valence-corrected chi connectivity index (χ0v) is 39.0. The third-order valence-corrected chi connectivity index (χ3v) is 17.9. The monoisotopic (exact) mass is 812 g/mol. The van der Waals surface area contributed by atoms with E-state index in [0.717, 1.165) is 12.8 Å². The van der Waals surface area contributed by atoms with E-state index in [1.165, 1.54) is 126 Å². The fourth-order valence-corrected chi connectivity index (χ4v) is 14.4. The van der Waals surface area contributed by atoms with E-state index in [0.29, 0.717) is 0 Å². The van der Waals surface area contributed by atoms with Gasteiger partial charge in [-0.05, 0) is 159 Å². The van der Waals surface area contributed by atoms with Crippen molar-refractivity contribution in [2.45, 2.75) is 142 Å². The van der Waals surface area contributed by atoms with Crippen LogP contribution in [0.15, 0.2) is 103 Å². The molecule has 4 aliphatic heterocycles. The standard InChI is InChI=1S/C58H62BN3/c1-35-18-22-41(23-19-35)60-47-24-20-36(2)30-45(47)59-51-38(4)31-37(3)50-53(51)62(57(10)28-15-14-27-56(50,57)9)49-34-42(33-48(60)52(49)59)61-46-25-21-40(54(5,6)7)32-44(46)55(8)29-26-39-16-12-13-17-43(39)58(55,61)11/h12-13,16-25,30-34H,14-15,26-29H2,1-11H3. The summed E-state index contributed by atoms with van der Waals surface area (Å²) in [6, 6.07) is 41.4. The molecule has 4 unspecified atom stereocenters. The van der Waals surface area contributed by atoms with Gasteiger partial charge in [-0.15, -0.1) is 0 Å². The Morgan fingerprint density at radius 3 is 2.05 bits per heavy atom. The summed E-state index contributed by atoms with van der Waals surface area (Å²) in [6.45, 7) is 27.0. The van der Waals surface area contributed by atoms with Gasteiger partial charge in [0.05, 0.1) is 11.1 Å². The molecule has 4 atom stereocenters. The van der Waals surface area contributed by atoms with Crippen LogP contribution < -0.4 is 31.1 Å². The van der Waals surface area contributed by atoms with E-state index in [4.69, 9.17) is 0 Å². The molecular formula is C58H62BN3. The van der Waals surface area contributed by atoms with Crippen LogP contribution in [0.2, 0.25) is 0 Å². The molecule has 0 spiro atoms. The highest BCUT2D eigenvalue weighted by Crippen LogP contribution is 2.66. The van der Waals surface area contributed by atoms with Crippen LogP contribution in [0.25, 0.3) is 0 Å². The molecule has 0 aromatic heterocycles. The largest absolute Gasteiger partial charge is 0.335 e. The number of hydrogen-bond donors (Lipinski definition) is 0. The molecule has 0 bridgehead atoms. The van der Waals surface area contributed by atoms with E-state index in [2.05, 4.69) is 194 Å². The summed E-state index contributed by atoms with van der Waals surface area (Å²) in [5.74, 6) is 0. The lowest BCUT2D eigenvalue weighted by atomic mass is 9.32. The second-order valence-electron chi connectivity index (χ2n) is 22.2. The maximum atomic E-state index is 2.94. The number of rotatable bonds is 2. The minimum Gasteiger partial charge on any atom is -0.335 e. The molecule has 1 fully saturated rings. The number of hydrogen-bond acceptors (Lipinski definition) is 3. The van der Waals surface area contributed by atoms with Crippen molar-refractivity contribution in [3.63, 3.8) is 0 Å². The third-order valence-electron chi connectivity index (χ3n) is 17.9. The van der Waals surface area contributed by atoms with Gasteiger partial charge in [0.15, 0.2) is 0 Å². The van der Waals surface area contributed by atoms with Crippen molar-refractivity contribution in [3.8, 4) is 0 Å². The predicted octanol–water partition coefficient (Wildman–Crippen LogP) is 12.8. The van der Waals surface area contributed by atoms with Gasteiger partial charge >= 0.3 is 0 Å². The highest BCUT2D eigenvalue weighted by atomic mass is 15.3. The molecule has 6 aromatic rings. The summed E-state index contributed by atoms with van der Waals surface area (Å²) in [6.07, 6.45) is 7.14. The summed E-state index contributed by atoms with van der Waals surface area (Å²) < 4.78 is 0. The Hall–Kier alpha value is -5.22. The van der Waals surface area contributed by atoms with Crippen LogP contribution in [-0.4, -0.2) is 12.3 Å². The van der Waals surface area contributed by atoms with Gasteiger partial charge in [0.2, 0.25) is 0 Å². The fraction of sp³-hybridized carbons (Fsp3) is 0.379. The smallest absolute Gasteiger partial charge is 0.252 e. The van der Waals surface area contributed by atoms with Crippen molar-refractivity contribution < 1.29 is 0 Å². The summed E-state index contributed by atoms with van der Waals surface area (Å²) in [5.41, 5.74) is 26.4. The zero-order valence-electron chi connectivity index (χ0n) is 39.0. The molecule has 0 N–H and O–H groups in total. The maximum absolute atomic E-state index is 2.94. The third kappa shape index (κ3) is 4.54. The first-order valence-electron chi connectivity index (χ1n) is 23.6. The molecule has 6 aromatic carbocycles. The Kier molecular flexibility index (Phi) is 7.62. The molecule has 6 aliphatic rings. The lowest BCUT2D eigenvalue weighted by Gasteiger charge is -2.54. The van der Waals surface area contributed by atoms with Crippen molar-refractivity contribution in [2.75, 3.05) is 14.7 Å². The maximum Gasteiger partial charge on any atom is 0.252 e. The van der Waals surface area contributed by atoms with Gasteiger partial charge in [0.1, 0.15) is 0 Å². The second-order valence-corrected chi connectivity index (χ2v) is 22.2. The normalized spacial score (nSPS) is 26.0. The summed E-state index contributed by atoms with van der Waals surface area (Å²) in [7, 11) is 0. The van der Waals surface area contributed by atoms with Crippen molar-refractivity contribution >= 4 is 62.9 Å². The highest BCUT2D eigenvalue weighted by Gasteiger charge is 2.64. The highest BCUT2D eigenvalue weighted by molar-refractivity contribution is 7.00. The van der Waals surface area contributed by atoms with E-state index in [-0.39, 0.29) is 34.0 Å². The minimum atomic E-state index is -0.321. The number of nitrogens with zero attached hydrogens (tertiary/aromatic N) is 3. The Morgan fingerprint density at radius 2 is 1.27 bits per heavy atom. The molecule has 12 rings (SSSR count). The van der Waals surface area contributed by atoms with Gasteiger partial charge in [-0.2, -0.15) is 0 Å². The zero-order chi connectivity index (χ0) is 43.0. The topological polar surface area (TPSA) is 9.72 Å². The number of aryl methyl sites for hydroxylation is 5. The number of anilines is 7. The SMILES string of the molecule is Cc1ccc(N2c3ccc(C)cc3B3c4c2cc(N2c5ccc(C(C)(C)C)cc5C5(C)CCc6ccccc6C25C)cc4N2c4c3c(C)cc(C)c4C3(C)CCCCC23C)cc1. The first-order chi connectivity index (χ1) is 29.5. The molecule has 4 heterocycles. The van der Waals surface area contributed by atoms with Crippen molar-refractivity contribution in [3.05, 3.63) is 153 Å². The predicted molar refractivity (Wildman–Crippen MR) is 264 cm³/mol. The van der Waals surface area contributed by atoms with Crippen LogP contribution in [0.4, 0.5) is 39.8 Å². The van der Waals surface area contributed by atoms with E-state index < -0.39 is 0 Å².